The molecule has 1 N–H and O–H groups in total. The molecule has 0 saturated heterocycles. The second-order valence-electron chi connectivity index (χ2n) is 4.45. The summed E-state index contributed by atoms with van der Waals surface area (Å²) in [6.07, 6.45) is 2.19. The molecule has 0 amide bonds. The van der Waals surface area contributed by atoms with Gasteiger partial charge in [0.15, 0.2) is 0 Å². The first-order valence-electron chi connectivity index (χ1n) is 6.03. The summed E-state index contributed by atoms with van der Waals surface area (Å²) in [5.41, 5.74) is 2.76. The van der Waals surface area contributed by atoms with Crippen LogP contribution in [0.25, 0.3) is 10.9 Å². The Bertz CT molecular complexity index is 469. The van der Waals surface area contributed by atoms with Crippen LogP contribution in [0.3, 0.4) is 0 Å². The van der Waals surface area contributed by atoms with Gasteiger partial charge in [0.1, 0.15) is 0 Å². The van der Waals surface area contributed by atoms with Crippen molar-refractivity contribution < 1.29 is 0 Å². The average molecular weight is 216 g/mol. The molecule has 0 aliphatic heterocycles. The number of aromatic nitrogens is 1. The Morgan fingerprint density at radius 3 is 2.75 bits per heavy atom. The summed E-state index contributed by atoms with van der Waals surface area (Å²) in [4.78, 5) is 0. The molecule has 16 heavy (non-hydrogen) atoms. The minimum atomic E-state index is 0.514. The quantitative estimate of drug-likeness (QED) is 0.829. The standard InChI is InChI=1S/C14H20N2/c1-4-15-10-13-7-5-6-12-8-9-16(11(2)3)14(12)13/h5-9,11,15H,4,10H2,1-3H3. The number of nitrogens with zero attached hydrogens (tertiary/aromatic N) is 1. The molecule has 0 aliphatic carbocycles. The van der Waals surface area contributed by atoms with E-state index in [-0.39, 0.29) is 0 Å². The van der Waals surface area contributed by atoms with Crippen molar-refractivity contribution in [2.75, 3.05) is 6.54 Å². The summed E-state index contributed by atoms with van der Waals surface area (Å²) in [6, 6.07) is 9.25. The molecule has 0 saturated carbocycles. The van der Waals surface area contributed by atoms with Crippen LogP contribution in [-0.4, -0.2) is 11.1 Å². The molecule has 2 nitrogen and oxygen atoms in total. The zero-order valence-corrected chi connectivity index (χ0v) is 10.3. The fourth-order valence-corrected chi connectivity index (χ4v) is 2.13. The van der Waals surface area contributed by atoms with Crippen molar-refractivity contribution in [2.45, 2.75) is 33.4 Å². The molecule has 1 aromatic heterocycles. The maximum atomic E-state index is 3.40. The molecule has 0 aliphatic rings. The zero-order valence-electron chi connectivity index (χ0n) is 10.3. The van der Waals surface area contributed by atoms with Crippen LogP contribution in [0.1, 0.15) is 32.4 Å². The van der Waals surface area contributed by atoms with Crippen LogP contribution < -0.4 is 5.32 Å². The van der Waals surface area contributed by atoms with Gasteiger partial charge >= 0.3 is 0 Å². The first-order valence-corrected chi connectivity index (χ1v) is 6.03. The molecule has 1 heterocycles. The van der Waals surface area contributed by atoms with Crippen LogP contribution in [0.5, 0.6) is 0 Å². The van der Waals surface area contributed by atoms with Gasteiger partial charge in [-0.25, -0.2) is 0 Å². The van der Waals surface area contributed by atoms with Crippen molar-refractivity contribution in [3.8, 4) is 0 Å². The highest BCUT2D eigenvalue weighted by atomic mass is 15.0. The summed E-state index contributed by atoms with van der Waals surface area (Å²) in [5.74, 6) is 0. The predicted octanol–water partition coefficient (Wildman–Crippen LogP) is 3.33. The summed E-state index contributed by atoms with van der Waals surface area (Å²) in [5, 5.41) is 4.74. The molecule has 0 atom stereocenters. The fourth-order valence-electron chi connectivity index (χ4n) is 2.13. The molecule has 0 spiro atoms. The van der Waals surface area contributed by atoms with Gasteiger partial charge < -0.3 is 9.88 Å². The van der Waals surface area contributed by atoms with E-state index in [4.69, 9.17) is 0 Å². The summed E-state index contributed by atoms with van der Waals surface area (Å²) < 4.78 is 2.35. The van der Waals surface area contributed by atoms with Crippen LogP contribution in [-0.2, 0) is 6.54 Å². The Morgan fingerprint density at radius 1 is 1.25 bits per heavy atom. The second-order valence-corrected chi connectivity index (χ2v) is 4.45. The maximum absolute atomic E-state index is 3.40. The van der Waals surface area contributed by atoms with Crippen molar-refractivity contribution in [1.29, 1.82) is 0 Å². The normalized spacial score (nSPS) is 11.5. The van der Waals surface area contributed by atoms with Crippen LogP contribution in [0, 0.1) is 0 Å². The number of nitrogens with one attached hydrogen (secondary N) is 1. The van der Waals surface area contributed by atoms with E-state index in [2.05, 4.69) is 61.1 Å². The van der Waals surface area contributed by atoms with E-state index in [0.717, 1.165) is 13.1 Å². The number of fused-ring (bicyclic) bond motifs is 1. The van der Waals surface area contributed by atoms with E-state index in [1.54, 1.807) is 0 Å². The van der Waals surface area contributed by atoms with Gasteiger partial charge in [-0.1, -0.05) is 25.1 Å². The first-order chi connectivity index (χ1) is 7.74. The van der Waals surface area contributed by atoms with Crippen LogP contribution in [0.15, 0.2) is 30.5 Å². The Hall–Kier alpha value is -1.28. The number of benzene rings is 1. The smallest absolute Gasteiger partial charge is 0.0528 e. The summed E-state index contributed by atoms with van der Waals surface area (Å²) in [7, 11) is 0. The van der Waals surface area contributed by atoms with E-state index >= 15 is 0 Å². The van der Waals surface area contributed by atoms with Crippen molar-refractivity contribution in [1.82, 2.24) is 9.88 Å². The lowest BCUT2D eigenvalue weighted by atomic mass is 10.1. The van der Waals surface area contributed by atoms with Crippen molar-refractivity contribution in [3.63, 3.8) is 0 Å². The minimum absolute atomic E-state index is 0.514. The molecular weight excluding hydrogens is 196 g/mol. The topological polar surface area (TPSA) is 17.0 Å². The van der Waals surface area contributed by atoms with Crippen LogP contribution in [0.4, 0.5) is 0 Å². The Kier molecular flexibility index (Phi) is 3.30. The van der Waals surface area contributed by atoms with Crippen LogP contribution >= 0.6 is 0 Å². The SMILES string of the molecule is CCNCc1cccc2ccn(C(C)C)c12. The van der Waals surface area contributed by atoms with Gasteiger partial charge in [0.2, 0.25) is 0 Å². The van der Waals surface area contributed by atoms with Gasteiger partial charge in [-0.3, -0.25) is 0 Å². The third-order valence-corrected chi connectivity index (χ3v) is 2.95. The van der Waals surface area contributed by atoms with Gasteiger partial charge in [0, 0.05) is 18.8 Å². The van der Waals surface area contributed by atoms with Gasteiger partial charge in [-0.05, 0) is 37.4 Å². The van der Waals surface area contributed by atoms with E-state index < -0.39 is 0 Å². The highest BCUT2D eigenvalue weighted by molar-refractivity contribution is 5.83. The molecular formula is C14H20N2. The molecule has 0 fully saturated rings. The molecule has 2 rings (SSSR count). The number of para-hydroxylation sites is 1. The second kappa shape index (κ2) is 4.71. The van der Waals surface area contributed by atoms with E-state index in [1.165, 1.54) is 16.5 Å². The zero-order chi connectivity index (χ0) is 11.5. The summed E-state index contributed by atoms with van der Waals surface area (Å²) >= 11 is 0. The van der Waals surface area contributed by atoms with Gasteiger partial charge in [-0.15, -0.1) is 0 Å². The molecule has 0 bridgehead atoms. The Morgan fingerprint density at radius 2 is 2.06 bits per heavy atom. The molecule has 2 heteroatoms. The minimum Gasteiger partial charge on any atom is -0.345 e. The van der Waals surface area contributed by atoms with Crippen molar-refractivity contribution >= 4 is 10.9 Å². The van der Waals surface area contributed by atoms with Crippen molar-refractivity contribution in [3.05, 3.63) is 36.0 Å². The molecule has 0 radical (unpaired) electrons. The molecule has 0 unspecified atom stereocenters. The third kappa shape index (κ3) is 1.98. The fraction of sp³-hybridized carbons (Fsp3) is 0.429. The Labute approximate surface area is 97.3 Å². The Balaban J connectivity index is 2.50. The lowest BCUT2D eigenvalue weighted by molar-refractivity contribution is 0.618. The van der Waals surface area contributed by atoms with Gasteiger partial charge in [0.25, 0.3) is 0 Å². The lowest BCUT2D eigenvalue weighted by Gasteiger charge is -2.13. The monoisotopic (exact) mass is 216 g/mol. The van der Waals surface area contributed by atoms with E-state index in [0.29, 0.717) is 6.04 Å². The molecule has 1 aromatic carbocycles. The first kappa shape index (κ1) is 11.2. The lowest BCUT2D eigenvalue weighted by Crippen LogP contribution is -2.13. The number of hydrogen-bond donors (Lipinski definition) is 1. The predicted molar refractivity (Wildman–Crippen MR) is 69.7 cm³/mol. The van der Waals surface area contributed by atoms with E-state index in [9.17, 15) is 0 Å². The highest BCUT2D eigenvalue weighted by Crippen LogP contribution is 2.23. The summed E-state index contributed by atoms with van der Waals surface area (Å²) in [6.45, 7) is 8.55. The average Bonchev–Trinajstić information content (AvgIpc) is 2.70. The van der Waals surface area contributed by atoms with Gasteiger partial charge in [0.05, 0.1) is 5.52 Å². The van der Waals surface area contributed by atoms with Gasteiger partial charge in [-0.2, -0.15) is 0 Å². The van der Waals surface area contributed by atoms with E-state index in [1.807, 2.05) is 0 Å². The number of hydrogen-bond acceptors (Lipinski definition) is 1. The van der Waals surface area contributed by atoms with Crippen molar-refractivity contribution in [2.24, 2.45) is 0 Å². The number of rotatable bonds is 4. The maximum Gasteiger partial charge on any atom is 0.0528 e. The van der Waals surface area contributed by atoms with Crippen LogP contribution in [0.2, 0.25) is 0 Å². The molecule has 2 aromatic rings. The third-order valence-electron chi connectivity index (χ3n) is 2.95. The molecule has 86 valence electrons. The largest absolute Gasteiger partial charge is 0.345 e. The highest BCUT2D eigenvalue weighted by Gasteiger charge is 2.07.